The monoisotopic (exact) mass is 450 g/mol. The Morgan fingerprint density at radius 3 is 2.42 bits per heavy atom. The number of aliphatic hydroxyl groups excluding tert-OH is 1. The Labute approximate surface area is 180 Å². The smallest absolute Gasteiger partial charge is 0.235 e. The zero-order valence-electron chi connectivity index (χ0n) is 16.2. The molecule has 11 heteroatoms. The third-order valence-corrected chi connectivity index (χ3v) is 7.26. The van der Waals surface area contributed by atoms with Crippen LogP contribution in [0.5, 0.6) is 5.75 Å². The number of rotatable bonds is 1. The molecule has 0 aromatic heterocycles. The lowest BCUT2D eigenvalue weighted by molar-refractivity contribution is -0.189. The van der Waals surface area contributed by atoms with E-state index in [1.165, 1.54) is 0 Å². The number of Topliss-reactive ketones (excluding diaryl/α,β-unsaturated/α-hetero) is 4. The summed E-state index contributed by atoms with van der Waals surface area (Å²) in [5.41, 5.74) is 8.00. The molecule has 0 spiro atoms. The number of carbonyl (C=O) groups excluding carboxylic acids is 5. The molecule has 0 aliphatic heterocycles. The molecule has 0 heterocycles. The summed E-state index contributed by atoms with van der Waals surface area (Å²) >= 11 is 6.02. The Bertz CT molecular complexity index is 1100. The first-order valence-electron chi connectivity index (χ1n) is 9.51. The van der Waals surface area contributed by atoms with E-state index >= 15 is 0 Å². The fraction of sp³-hybridized carbons (Fsp3) is 0.450. The van der Waals surface area contributed by atoms with Gasteiger partial charge in [0.25, 0.3) is 0 Å². The van der Waals surface area contributed by atoms with Crippen molar-refractivity contribution in [3.05, 3.63) is 22.2 Å². The van der Waals surface area contributed by atoms with Crippen LogP contribution in [0, 0.1) is 23.7 Å². The van der Waals surface area contributed by atoms with Gasteiger partial charge in [0.2, 0.25) is 5.91 Å². The van der Waals surface area contributed by atoms with E-state index in [-0.39, 0.29) is 21.8 Å². The normalized spacial score (nSPS) is 37.2. The number of phenols is 1. The average molecular weight is 451 g/mol. The van der Waals surface area contributed by atoms with Crippen LogP contribution in [0.25, 0.3) is 0 Å². The van der Waals surface area contributed by atoms with Crippen molar-refractivity contribution in [1.82, 2.24) is 0 Å². The molecule has 2 unspecified atom stereocenters. The molecule has 0 saturated heterocycles. The first-order valence-corrected chi connectivity index (χ1v) is 9.89. The van der Waals surface area contributed by atoms with Gasteiger partial charge in [0.05, 0.1) is 28.3 Å². The molecule has 1 amide bonds. The van der Waals surface area contributed by atoms with E-state index in [0.29, 0.717) is 0 Å². The third-order valence-electron chi connectivity index (χ3n) is 6.95. The molecule has 0 radical (unpaired) electrons. The Morgan fingerprint density at radius 1 is 1.23 bits per heavy atom. The van der Waals surface area contributed by atoms with E-state index in [2.05, 4.69) is 0 Å². The number of amides is 1. The lowest BCUT2D eigenvalue weighted by atomic mass is 9.50. The number of ketones is 4. The van der Waals surface area contributed by atoms with Crippen LogP contribution in [0.4, 0.5) is 5.69 Å². The predicted molar refractivity (Wildman–Crippen MR) is 104 cm³/mol. The summed E-state index contributed by atoms with van der Waals surface area (Å²) in [6.07, 6.45) is -2.31. The first-order chi connectivity index (χ1) is 14.3. The molecule has 1 aromatic carbocycles. The number of nitrogen functional groups attached to an aromatic ring is 1. The molecular weight excluding hydrogens is 432 g/mol. The van der Waals surface area contributed by atoms with Gasteiger partial charge in [-0.05, 0) is 11.5 Å². The van der Waals surface area contributed by atoms with Crippen molar-refractivity contribution in [1.29, 1.82) is 0 Å². The van der Waals surface area contributed by atoms with E-state index in [0.717, 1.165) is 6.07 Å². The maximum atomic E-state index is 13.4. The van der Waals surface area contributed by atoms with Crippen LogP contribution in [0.1, 0.15) is 35.2 Å². The van der Waals surface area contributed by atoms with E-state index in [1.807, 2.05) is 0 Å². The van der Waals surface area contributed by atoms with Crippen molar-refractivity contribution in [2.24, 2.45) is 29.4 Å². The number of benzene rings is 1. The zero-order chi connectivity index (χ0) is 23.2. The molecule has 7 N–H and O–H groups in total. The number of anilines is 1. The number of primary amides is 1. The Morgan fingerprint density at radius 2 is 1.84 bits per heavy atom. The summed E-state index contributed by atoms with van der Waals surface area (Å²) in [6, 6.07) is 1.04. The summed E-state index contributed by atoms with van der Waals surface area (Å²) in [7, 11) is 0. The van der Waals surface area contributed by atoms with Crippen LogP contribution in [-0.4, -0.2) is 56.1 Å². The second-order valence-electron chi connectivity index (χ2n) is 8.39. The summed E-state index contributed by atoms with van der Waals surface area (Å²) < 4.78 is 0. The average Bonchev–Trinajstić information content (AvgIpc) is 2.67. The van der Waals surface area contributed by atoms with Crippen LogP contribution >= 0.6 is 11.6 Å². The van der Waals surface area contributed by atoms with Crippen molar-refractivity contribution in [3.63, 3.8) is 0 Å². The highest BCUT2D eigenvalue weighted by Crippen LogP contribution is 2.55. The number of fused-ring (bicyclic) bond motifs is 3. The Hall–Kier alpha value is -2.82. The SMILES string of the molecule is C[C@H]1c2c(N)c(Cl)cc(O)c2C(=O)C2C(=O)[C@]3(O)C(=O)C(C(N)=O)C(=O)C[C@@H]3[C@H](O)[C@@H]21. The number of phenolic OH excluding ortho intramolecular Hbond substituents is 1. The van der Waals surface area contributed by atoms with Crippen LogP contribution in [-0.2, 0) is 19.2 Å². The third kappa shape index (κ3) is 2.49. The molecule has 164 valence electrons. The zero-order valence-corrected chi connectivity index (χ0v) is 16.9. The lowest BCUT2D eigenvalue weighted by Crippen LogP contribution is -2.72. The van der Waals surface area contributed by atoms with Crippen molar-refractivity contribution in [2.45, 2.75) is 31.0 Å². The largest absolute Gasteiger partial charge is 0.507 e. The fourth-order valence-corrected chi connectivity index (χ4v) is 5.70. The van der Waals surface area contributed by atoms with Gasteiger partial charge in [-0.25, -0.2) is 0 Å². The van der Waals surface area contributed by atoms with Gasteiger partial charge >= 0.3 is 0 Å². The van der Waals surface area contributed by atoms with Crippen molar-refractivity contribution < 1.29 is 39.3 Å². The maximum absolute atomic E-state index is 13.4. The summed E-state index contributed by atoms with van der Waals surface area (Å²) in [5.74, 6) is -13.7. The highest BCUT2D eigenvalue weighted by atomic mass is 35.5. The highest BCUT2D eigenvalue weighted by molar-refractivity contribution is 6.34. The second-order valence-corrected chi connectivity index (χ2v) is 8.79. The molecule has 1 aromatic rings. The van der Waals surface area contributed by atoms with E-state index in [9.17, 15) is 39.3 Å². The van der Waals surface area contributed by atoms with Gasteiger partial charge in [0.15, 0.2) is 34.7 Å². The number of carbonyl (C=O) groups is 5. The van der Waals surface area contributed by atoms with Crippen LogP contribution in [0.15, 0.2) is 6.07 Å². The number of aliphatic hydroxyl groups is 2. The van der Waals surface area contributed by atoms with Crippen molar-refractivity contribution in [2.75, 3.05) is 5.73 Å². The quantitative estimate of drug-likeness (QED) is 0.204. The van der Waals surface area contributed by atoms with Gasteiger partial charge in [0, 0.05) is 24.3 Å². The summed E-state index contributed by atoms with van der Waals surface area (Å²) in [6.45, 7) is 1.55. The topological polar surface area (TPSA) is 198 Å². The fourth-order valence-electron chi connectivity index (χ4n) is 5.50. The van der Waals surface area contributed by atoms with E-state index in [1.54, 1.807) is 6.92 Å². The number of aromatic hydroxyl groups is 1. The Kier molecular flexibility index (Phi) is 4.55. The van der Waals surface area contributed by atoms with Gasteiger partial charge in [-0.2, -0.15) is 0 Å². The van der Waals surface area contributed by atoms with E-state index in [4.69, 9.17) is 23.1 Å². The maximum Gasteiger partial charge on any atom is 0.235 e. The standard InChI is InChI=1S/C20H19ClN2O8/c1-4-9-11(8(25)3-6(21)14(9)22)16(27)13-10(4)15(26)5-2-7(24)12(19(23)30)17(28)20(5,31)18(13)29/h3-5,10,12-13,15,25-26,31H,2,22H2,1H3,(H2,23,30)/t4-,5+,10+,12?,13?,15-,20+/m0/s1. The van der Waals surface area contributed by atoms with E-state index < -0.39 is 82.5 Å². The lowest BCUT2D eigenvalue weighted by Gasteiger charge is -2.53. The number of nitrogens with two attached hydrogens (primary N) is 2. The molecule has 2 fully saturated rings. The minimum Gasteiger partial charge on any atom is -0.507 e. The minimum absolute atomic E-state index is 0.0150. The molecule has 31 heavy (non-hydrogen) atoms. The van der Waals surface area contributed by atoms with Gasteiger partial charge in [-0.15, -0.1) is 0 Å². The van der Waals surface area contributed by atoms with Gasteiger partial charge < -0.3 is 26.8 Å². The first kappa shape index (κ1) is 21.4. The second kappa shape index (κ2) is 6.59. The van der Waals surface area contributed by atoms with Gasteiger partial charge in [0.1, 0.15) is 5.75 Å². The molecule has 3 aliphatic carbocycles. The van der Waals surface area contributed by atoms with Crippen molar-refractivity contribution in [3.8, 4) is 5.75 Å². The molecular formula is C20H19ClN2O8. The molecule has 4 rings (SSSR count). The molecule has 10 nitrogen and oxygen atoms in total. The summed E-state index contributed by atoms with van der Waals surface area (Å²) in [4.78, 5) is 63.5. The van der Waals surface area contributed by atoms with Crippen molar-refractivity contribution >= 4 is 46.3 Å². The highest BCUT2D eigenvalue weighted by Gasteiger charge is 2.70. The number of halogens is 1. The Balaban J connectivity index is 1.93. The molecule has 2 saturated carbocycles. The molecule has 3 aliphatic rings. The van der Waals surface area contributed by atoms with Crippen LogP contribution in [0.2, 0.25) is 5.02 Å². The van der Waals surface area contributed by atoms with Gasteiger partial charge in [-0.3, -0.25) is 24.0 Å². The summed E-state index contributed by atoms with van der Waals surface area (Å²) in [5, 5.41) is 32.5. The molecule has 0 bridgehead atoms. The molecule has 7 atom stereocenters. The van der Waals surface area contributed by atoms with Crippen LogP contribution < -0.4 is 11.5 Å². The minimum atomic E-state index is -2.95. The van der Waals surface area contributed by atoms with Crippen LogP contribution in [0.3, 0.4) is 0 Å². The number of hydrogen-bond donors (Lipinski definition) is 5. The predicted octanol–water partition coefficient (Wildman–Crippen LogP) is -0.906. The number of hydrogen-bond acceptors (Lipinski definition) is 9. The van der Waals surface area contributed by atoms with Gasteiger partial charge in [-0.1, -0.05) is 18.5 Å².